The van der Waals surface area contributed by atoms with Gasteiger partial charge in [-0.25, -0.2) is 0 Å². The second-order valence-electron chi connectivity index (χ2n) is 5.32. The van der Waals surface area contributed by atoms with Gasteiger partial charge in [-0.05, 0) is 62.3 Å². The molecule has 0 aliphatic heterocycles. The van der Waals surface area contributed by atoms with Crippen LogP contribution in [0.2, 0.25) is 19.6 Å². The predicted octanol–water partition coefficient (Wildman–Crippen LogP) is 3.14. The van der Waals surface area contributed by atoms with Crippen LogP contribution in [-0.4, -0.2) is 19.4 Å². The van der Waals surface area contributed by atoms with Crippen LogP contribution in [0.5, 0.6) is 5.75 Å². The van der Waals surface area contributed by atoms with Crippen molar-refractivity contribution in [2.75, 3.05) is 0 Å². The average molecular weight is 252 g/mol. The van der Waals surface area contributed by atoms with Crippen molar-refractivity contribution >= 4 is 14.3 Å². The highest BCUT2D eigenvalue weighted by Crippen LogP contribution is 2.24. The third-order valence-corrected chi connectivity index (χ3v) is 3.27. The van der Waals surface area contributed by atoms with E-state index in [9.17, 15) is 4.79 Å². The Balaban J connectivity index is 3.05. The van der Waals surface area contributed by atoms with Gasteiger partial charge in [0.25, 0.3) is 0 Å². The van der Waals surface area contributed by atoms with Crippen LogP contribution in [0.3, 0.4) is 0 Å². The van der Waals surface area contributed by atoms with Crippen molar-refractivity contribution in [2.45, 2.75) is 39.9 Å². The maximum absolute atomic E-state index is 10.8. The molecule has 0 radical (unpaired) electrons. The summed E-state index contributed by atoms with van der Waals surface area (Å²) in [6.07, 6.45) is 0.0743. The highest BCUT2D eigenvalue weighted by molar-refractivity contribution is 6.70. The zero-order chi connectivity index (χ0) is 13.2. The monoisotopic (exact) mass is 252 g/mol. The van der Waals surface area contributed by atoms with Crippen LogP contribution >= 0.6 is 0 Å². The molecule has 0 fully saturated rings. The molecule has 1 N–H and O–H groups in total. The van der Waals surface area contributed by atoms with Crippen LogP contribution in [0.1, 0.15) is 16.7 Å². The fraction of sp³-hybridized carbons (Fsp3) is 0.462. The normalized spacial score (nSPS) is 11.4. The lowest BCUT2D eigenvalue weighted by atomic mass is 10.00. The summed E-state index contributed by atoms with van der Waals surface area (Å²) in [5, 5.41) is 8.85. The van der Waals surface area contributed by atoms with Crippen LogP contribution in [-0.2, 0) is 11.2 Å². The number of rotatable bonds is 4. The molecule has 0 atom stereocenters. The van der Waals surface area contributed by atoms with Gasteiger partial charge in [0.2, 0.25) is 8.32 Å². The Hall–Kier alpha value is -1.29. The van der Waals surface area contributed by atoms with Crippen LogP contribution in [0.4, 0.5) is 0 Å². The largest absolute Gasteiger partial charge is 0.544 e. The summed E-state index contributed by atoms with van der Waals surface area (Å²) in [7, 11) is -1.61. The van der Waals surface area contributed by atoms with Crippen molar-refractivity contribution < 1.29 is 14.3 Å². The first-order chi connectivity index (χ1) is 7.69. The molecule has 0 saturated heterocycles. The summed E-state index contributed by atoms with van der Waals surface area (Å²) in [5.74, 6) is 0.0587. The summed E-state index contributed by atoms with van der Waals surface area (Å²) < 4.78 is 5.91. The Labute approximate surface area is 104 Å². The molecule has 0 saturated carbocycles. The van der Waals surface area contributed by atoms with Crippen molar-refractivity contribution in [2.24, 2.45) is 0 Å². The summed E-state index contributed by atoms with van der Waals surface area (Å²) in [4.78, 5) is 10.8. The fourth-order valence-electron chi connectivity index (χ4n) is 1.80. The SMILES string of the molecule is Cc1cc(O[Si](C)(C)C)cc(C)c1CC(=O)O. The van der Waals surface area contributed by atoms with E-state index in [1.54, 1.807) is 0 Å². The van der Waals surface area contributed by atoms with Gasteiger partial charge in [0, 0.05) is 0 Å². The highest BCUT2D eigenvalue weighted by atomic mass is 28.4. The Morgan fingerprint density at radius 1 is 1.24 bits per heavy atom. The van der Waals surface area contributed by atoms with E-state index in [1.165, 1.54) is 0 Å². The van der Waals surface area contributed by atoms with E-state index in [-0.39, 0.29) is 6.42 Å². The van der Waals surface area contributed by atoms with E-state index >= 15 is 0 Å². The first kappa shape index (κ1) is 13.8. The minimum absolute atomic E-state index is 0.0743. The standard InChI is InChI=1S/C13H20O3Si/c1-9-6-11(16-17(3,4)5)7-10(2)12(9)8-13(14)15/h6-7H,8H2,1-5H3,(H,14,15). The Morgan fingerprint density at radius 2 is 1.71 bits per heavy atom. The molecule has 1 rings (SSSR count). The van der Waals surface area contributed by atoms with Gasteiger partial charge in [0.15, 0.2) is 0 Å². The first-order valence-corrected chi connectivity index (χ1v) is 9.11. The van der Waals surface area contributed by atoms with Crippen LogP contribution in [0.25, 0.3) is 0 Å². The second-order valence-corrected chi connectivity index (χ2v) is 9.75. The molecule has 1 aromatic rings. The molecule has 17 heavy (non-hydrogen) atoms. The van der Waals surface area contributed by atoms with Crippen LogP contribution < -0.4 is 4.43 Å². The molecule has 3 nitrogen and oxygen atoms in total. The fourth-order valence-corrected chi connectivity index (χ4v) is 2.62. The van der Waals surface area contributed by atoms with Crippen LogP contribution in [0.15, 0.2) is 12.1 Å². The molecular weight excluding hydrogens is 232 g/mol. The molecule has 0 aliphatic rings. The molecule has 0 heterocycles. The van der Waals surface area contributed by atoms with E-state index in [1.807, 2.05) is 26.0 Å². The summed E-state index contributed by atoms with van der Waals surface area (Å²) in [6, 6.07) is 3.87. The van der Waals surface area contributed by atoms with Gasteiger partial charge >= 0.3 is 5.97 Å². The van der Waals surface area contributed by atoms with E-state index in [0.717, 1.165) is 22.4 Å². The van der Waals surface area contributed by atoms with Gasteiger partial charge in [0.05, 0.1) is 6.42 Å². The van der Waals surface area contributed by atoms with Crippen molar-refractivity contribution in [1.82, 2.24) is 0 Å². The molecule has 0 unspecified atom stereocenters. The van der Waals surface area contributed by atoms with Gasteiger partial charge in [-0.2, -0.15) is 0 Å². The minimum Gasteiger partial charge on any atom is -0.544 e. The molecule has 0 spiro atoms. The van der Waals surface area contributed by atoms with E-state index in [2.05, 4.69) is 19.6 Å². The van der Waals surface area contributed by atoms with E-state index in [4.69, 9.17) is 9.53 Å². The zero-order valence-electron chi connectivity index (χ0n) is 11.1. The number of carbonyl (C=O) groups is 1. The van der Waals surface area contributed by atoms with Gasteiger partial charge in [-0.1, -0.05) is 0 Å². The quantitative estimate of drug-likeness (QED) is 0.837. The third kappa shape index (κ3) is 4.23. The van der Waals surface area contributed by atoms with Crippen molar-refractivity contribution in [1.29, 1.82) is 0 Å². The maximum atomic E-state index is 10.8. The van der Waals surface area contributed by atoms with Gasteiger partial charge in [-0.3, -0.25) is 4.79 Å². The molecule has 0 amide bonds. The number of hydrogen-bond acceptors (Lipinski definition) is 2. The predicted molar refractivity (Wildman–Crippen MR) is 71.2 cm³/mol. The number of carboxylic acids is 1. The van der Waals surface area contributed by atoms with Crippen molar-refractivity contribution in [3.63, 3.8) is 0 Å². The lowest BCUT2D eigenvalue weighted by Crippen LogP contribution is -2.29. The lowest BCUT2D eigenvalue weighted by Gasteiger charge is -2.21. The lowest BCUT2D eigenvalue weighted by molar-refractivity contribution is -0.136. The van der Waals surface area contributed by atoms with Gasteiger partial charge in [-0.15, -0.1) is 0 Å². The number of aryl methyl sites for hydroxylation is 2. The number of aliphatic carboxylic acids is 1. The zero-order valence-corrected chi connectivity index (χ0v) is 12.1. The molecule has 0 aliphatic carbocycles. The molecule has 94 valence electrons. The molecule has 4 heteroatoms. The minimum atomic E-state index is -1.61. The third-order valence-electron chi connectivity index (χ3n) is 2.42. The summed E-state index contributed by atoms with van der Waals surface area (Å²) >= 11 is 0. The Kier molecular flexibility index (Phi) is 3.98. The molecule has 0 aromatic heterocycles. The van der Waals surface area contributed by atoms with Crippen molar-refractivity contribution in [3.8, 4) is 5.75 Å². The van der Waals surface area contributed by atoms with Crippen LogP contribution in [0, 0.1) is 13.8 Å². The van der Waals surface area contributed by atoms with Gasteiger partial charge in [0.1, 0.15) is 5.75 Å². The van der Waals surface area contributed by atoms with E-state index in [0.29, 0.717) is 0 Å². The average Bonchev–Trinajstić information content (AvgIpc) is 2.08. The molecular formula is C13H20O3Si. The number of carboxylic acid groups (broad SMARTS) is 1. The molecule has 0 bridgehead atoms. The Morgan fingerprint density at radius 3 is 2.06 bits per heavy atom. The van der Waals surface area contributed by atoms with Gasteiger partial charge < -0.3 is 9.53 Å². The number of benzene rings is 1. The summed E-state index contributed by atoms with van der Waals surface area (Å²) in [5.41, 5.74) is 2.86. The smallest absolute Gasteiger partial charge is 0.307 e. The van der Waals surface area contributed by atoms with Crippen molar-refractivity contribution in [3.05, 3.63) is 28.8 Å². The highest BCUT2D eigenvalue weighted by Gasteiger charge is 2.17. The topological polar surface area (TPSA) is 46.5 Å². The first-order valence-electron chi connectivity index (χ1n) is 5.70. The Bertz CT molecular complexity index is 410. The van der Waals surface area contributed by atoms with E-state index < -0.39 is 14.3 Å². The number of hydrogen-bond donors (Lipinski definition) is 1. The second kappa shape index (κ2) is 4.92. The maximum Gasteiger partial charge on any atom is 0.307 e. The summed E-state index contributed by atoms with van der Waals surface area (Å²) in [6.45, 7) is 10.2. The molecule has 1 aromatic carbocycles.